The summed E-state index contributed by atoms with van der Waals surface area (Å²) in [4.78, 5) is 35.2. The quantitative estimate of drug-likeness (QED) is 0.557. The van der Waals surface area contributed by atoms with Crippen LogP contribution >= 0.6 is 0 Å². The highest BCUT2D eigenvalue weighted by Gasteiger charge is 2.46. The van der Waals surface area contributed by atoms with E-state index in [1.165, 1.54) is 19.2 Å². The molecule has 3 amide bonds. The number of nitrogens with one attached hydrogen (secondary N) is 3. The van der Waals surface area contributed by atoms with Crippen molar-refractivity contribution in [2.24, 2.45) is 11.0 Å². The van der Waals surface area contributed by atoms with Gasteiger partial charge in [0, 0.05) is 18.7 Å². The lowest BCUT2D eigenvalue weighted by Crippen LogP contribution is -2.52. The second kappa shape index (κ2) is 10.1. The Hall–Kier alpha value is -3.24. The molecule has 1 aliphatic carbocycles. The Balaban J connectivity index is 1.73. The molecule has 9 nitrogen and oxygen atoms in total. The van der Waals surface area contributed by atoms with Crippen molar-refractivity contribution < 1.29 is 32.6 Å². The summed E-state index contributed by atoms with van der Waals surface area (Å²) in [6.45, 7) is 0.692. The molecular formula is C22H28F2N4O5. The van der Waals surface area contributed by atoms with E-state index in [0.29, 0.717) is 43.4 Å². The van der Waals surface area contributed by atoms with Gasteiger partial charge < -0.3 is 20.1 Å². The zero-order valence-corrected chi connectivity index (χ0v) is 18.7. The average molecular weight is 466 g/mol. The number of ether oxygens (including phenoxy) is 2. The number of nitrogens with zero attached hydrogens (tertiary/aromatic N) is 1. The van der Waals surface area contributed by atoms with Gasteiger partial charge in [-0.3, -0.25) is 9.59 Å². The van der Waals surface area contributed by atoms with E-state index in [4.69, 9.17) is 4.74 Å². The molecule has 1 aromatic rings. The smallest absolute Gasteiger partial charge is 0.428 e. The molecule has 0 aromatic heterocycles. The molecule has 0 radical (unpaired) electrons. The first-order valence-corrected chi connectivity index (χ1v) is 10.8. The number of hydrogen-bond donors (Lipinski definition) is 3. The average Bonchev–Trinajstić information content (AvgIpc) is 2.76. The monoisotopic (exact) mass is 466 g/mol. The number of alkyl halides is 2. The predicted molar refractivity (Wildman–Crippen MR) is 115 cm³/mol. The minimum Gasteiger partial charge on any atom is -0.435 e. The Morgan fingerprint density at radius 2 is 2.00 bits per heavy atom. The number of aryl methyl sites for hydroxylation is 1. The van der Waals surface area contributed by atoms with Gasteiger partial charge in [-0.25, -0.2) is 10.2 Å². The molecule has 11 heteroatoms. The molecule has 3 N–H and O–H groups in total. The largest absolute Gasteiger partial charge is 0.435 e. The summed E-state index contributed by atoms with van der Waals surface area (Å²) in [5.74, 6) is -1.14. The van der Waals surface area contributed by atoms with E-state index < -0.39 is 30.1 Å². The van der Waals surface area contributed by atoms with Gasteiger partial charge in [-0.1, -0.05) is 6.07 Å². The Bertz CT molecular complexity index is 945. The van der Waals surface area contributed by atoms with E-state index in [2.05, 4.69) is 25.9 Å². The third-order valence-electron chi connectivity index (χ3n) is 6.08. The zero-order valence-electron chi connectivity index (χ0n) is 18.7. The van der Waals surface area contributed by atoms with Crippen LogP contribution in [0.2, 0.25) is 0 Å². The number of carbonyl (C=O) groups is 3. The molecule has 1 atom stereocenters. The summed E-state index contributed by atoms with van der Waals surface area (Å²) in [6.07, 6.45) is 2.35. The van der Waals surface area contributed by atoms with Crippen LogP contribution in [0.25, 0.3) is 0 Å². The van der Waals surface area contributed by atoms with Crippen molar-refractivity contribution in [2.75, 3.05) is 7.05 Å². The molecule has 1 spiro atoms. The normalized spacial score (nSPS) is 23.3. The number of amides is 3. The number of carbonyl (C=O) groups excluding carboxylic acids is 3. The minimum atomic E-state index is -2.96. The highest BCUT2D eigenvalue weighted by atomic mass is 19.3. The number of hydrogen-bond acceptors (Lipinski definition) is 6. The summed E-state index contributed by atoms with van der Waals surface area (Å²) in [7, 11) is 1.39. The lowest BCUT2D eigenvalue weighted by molar-refractivity contribution is -0.139. The lowest BCUT2D eigenvalue weighted by Gasteiger charge is -2.42. The fraction of sp³-hybridized carbons (Fsp3) is 0.545. The van der Waals surface area contributed by atoms with Gasteiger partial charge in [0.1, 0.15) is 11.5 Å². The van der Waals surface area contributed by atoms with Gasteiger partial charge in [0.2, 0.25) is 0 Å². The molecule has 1 fully saturated rings. The molecule has 1 heterocycles. The summed E-state index contributed by atoms with van der Waals surface area (Å²) in [6, 6.07) is 4.38. The predicted octanol–water partition coefficient (Wildman–Crippen LogP) is 2.61. The third-order valence-corrected chi connectivity index (χ3v) is 6.08. The van der Waals surface area contributed by atoms with E-state index in [1.54, 1.807) is 6.07 Å². The third kappa shape index (κ3) is 5.77. The van der Waals surface area contributed by atoms with Gasteiger partial charge >= 0.3 is 24.5 Å². The van der Waals surface area contributed by atoms with E-state index in [-0.39, 0.29) is 17.7 Å². The maximum Gasteiger partial charge on any atom is 0.428 e. The fourth-order valence-electron chi connectivity index (χ4n) is 4.47. The van der Waals surface area contributed by atoms with Crippen molar-refractivity contribution in [1.29, 1.82) is 0 Å². The van der Waals surface area contributed by atoms with E-state index >= 15 is 0 Å². The summed E-state index contributed by atoms with van der Waals surface area (Å²) >= 11 is 0. The molecular weight excluding hydrogens is 438 g/mol. The first-order valence-electron chi connectivity index (χ1n) is 10.8. The van der Waals surface area contributed by atoms with E-state index in [9.17, 15) is 23.2 Å². The zero-order chi connectivity index (χ0) is 24.2. The molecule has 2 aliphatic rings. The SMILES string of the molecule is CNC(=O)C(=O)N[C@@H](C)CC1CCC2(CC1)OC(=O)NN=C2c1cc(OC(F)F)ccc1C. The van der Waals surface area contributed by atoms with Crippen LogP contribution < -0.4 is 20.8 Å². The standard InChI is InChI=1S/C22H28F2N4O5/c1-12-4-5-15(32-20(23)24)11-16(12)17-22(33-21(31)28-27-17)8-6-14(7-9-22)10-13(2)26-19(30)18(29)25-3/h4-5,11,13-14,20H,6-10H2,1-3H3,(H,25,29)(H,26,30)(H,28,31)/t13-,14?,22?/m0/s1. The van der Waals surface area contributed by atoms with Crippen molar-refractivity contribution in [1.82, 2.24) is 16.1 Å². The number of rotatable bonds is 6. The maximum atomic E-state index is 12.7. The lowest BCUT2D eigenvalue weighted by atomic mass is 9.72. The second-order valence-corrected chi connectivity index (χ2v) is 8.44. The molecule has 1 aromatic carbocycles. The van der Waals surface area contributed by atoms with Crippen molar-refractivity contribution in [3.8, 4) is 5.75 Å². The Kier molecular flexibility index (Phi) is 7.50. The van der Waals surface area contributed by atoms with Crippen LogP contribution in [-0.4, -0.2) is 48.9 Å². The Morgan fingerprint density at radius 3 is 2.64 bits per heavy atom. The molecule has 180 valence electrons. The van der Waals surface area contributed by atoms with Gasteiger partial charge in [-0.15, -0.1) is 0 Å². The van der Waals surface area contributed by atoms with E-state index in [1.807, 2.05) is 13.8 Å². The van der Waals surface area contributed by atoms with Crippen LogP contribution in [0.1, 0.15) is 50.2 Å². The first-order chi connectivity index (χ1) is 15.6. The van der Waals surface area contributed by atoms with Crippen molar-refractivity contribution in [3.63, 3.8) is 0 Å². The Morgan fingerprint density at radius 1 is 1.30 bits per heavy atom. The first kappa shape index (κ1) is 24.4. The van der Waals surface area contributed by atoms with Crippen molar-refractivity contribution >= 4 is 23.6 Å². The minimum absolute atomic E-state index is 0.00489. The molecule has 0 saturated heterocycles. The molecule has 0 unspecified atom stereocenters. The molecule has 1 saturated carbocycles. The summed E-state index contributed by atoms with van der Waals surface area (Å²) < 4.78 is 35.7. The van der Waals surface area contributed by atoms with Gasteiger partial charge in [0.25, 0.3) is 0 Å². The van der Waals surface area contributed by atoms with Crippen LogP contribution in [0, 0.1) is 12.8 Å². The van der Waals surface area contributed by atoms with Crippen molar-refractivity contribution in [3.05, 3.63) is 29.3 Å². The molecule has 33 heavy (non-hydrogen) atoms. The van der Waals surface area contributed by atoms with Crippen LogP contribution in [0.3, 0.4) is 0 Å². The van der Waals surface area contributed by atoms with E-state index in [0.717, 1.165) is 5.56 Å². The number of hydrazone groups is 1. The van der Waals surface area contributed by atoms with Gasteiger partial charge in [0.05, 0.1) is 0 Å². The highest BCUT2D eigenvalue weighted by Crippen LogP contribution is 2.41. The van der Waals surface area contributed by atoms with Crippen LogP contribution in [0.4, 0.5) is 13.6 Å². The Labute approximate surface area is 190 Å². The summed E-state index contributed by atoms with van der Waals surface area (Å²) in [5.41, 5.74) is 3.16. The number of halogens is 2. The fourth-order valence-corrected chi connectivity index (χ4v) is 4.47. The van der Waals surface area contributed by atoms with Crippen LogP contribution in [0.5, 0.6) is 5.75 Å². The van der Waals surface area contributed by atoms with Crippen molar-refractivity contribution in [2.45, 2.75) is 64.2 Å². The molecule has 3 rings (SSSR count). The highest BCUT2D eigenvalue weighted by molar-refractivity contribution is 6.35. The van der Waals surface area contributed by atoms with Gasteiger partial charge in [0.15, 0.2) is 5.60 Å². The van der Waals surface area contributed by atoms with Crippen LogP contribution in [-0.2, 0) is 14.3 Å². The summed E-state index contributed by atoms with van der Waals surface area (Å²) in [5, 5.41) is 9.20. The topological polar surface area (TPSA) is 118 Å². The van der Waals surface area contributed by atoms with Gasteiger partial charge in [-0.05, 0) is 69.6 Å². The maximum absolute atomic E-state index is 12.7. The van der Waals surface area contributed by atoms with Gasteiger partial charge in [-0.2, -0.15) is 13.9 Å². The number of benzene rings is 1. The van der Waals surface area contributed by atoms with Crippen LogP contribution in [0.15, 0.2) is 23.3 Å². The molecule has 0 bridgehead atoms. The second-order valence-electron chi connectivity index (χ2n) is 8.44. The number of likely N-dealkylation sites (N-methyl/N-ethyl adjacent to an activating group) is 1. The molecule has 1 aliphatic heterocycles.